The second-order valence-corrected chi connectivity index (χ2v) is 3.30. The van der Waals surface area contributed by atoms with Crippen LogP contribution in [0.5, 0.6) is 5.75 Å². The van der Waals surface area contributed by atoms with Crippen LogP contribution < -0.4 is 5.73 Å². The lowest BCUT2D eigenvalue weighted by Crippen LogP contribution is -1.89. The van der Waals surface area contributed by atoms with Crippen molar-refractivity contribution in [1.82, 2.24) is 0 Å². The molecule has 1 aromatic rings. The third-order valence-corrected chi connectivity index (χ3v) is 2.40. The van der Waals surface area contributed by atoms with E-state index in [2.05, 4.69) is 15.9 Å². The summed E-state index contributed by atoms with van der Waals surface area (Å²) < 4.78 is 0.231. The van der Waals surface area contributed by atoms with E-state index < -0.39 is 0 Å². The fourth-order valence-corrected chi connectivity index (χ4v) is 1.63. The van der Waals surface area contributed by atoms with Gasteiger partial charge in [-0.1, -0.05) is 11.6 Å². The van der Waals surface area contributed by atoms with Crippen molar-refractivity contribution in [3.05, 3.63) is 21.1 Å². The predicted molar refractivity (Wildman–Crippen MR) is 49.9 cm³/mol. The summed E-state index contributed by atoms with van der Waals surface area (Å²) in [4.78, 5) is 0. The summed E-state index contributed by atoms with van der Waals surface area (Å²) in [6.07, 6.45) is 0. The van der Waals surface area contributed by atoms with Gasteiger partial charge in [0.05, 0.1) is 20.7 Å². The first-order chi connectivity index (χ1) is 5.57. The van der Waals surface area contributed by atoms with Crippen LogP contribution in [0.4, 0.5) is 5.69 Å². The van der Waals surface area contributed by atoms with E-state index in [4.69, 9.17) is 22.6 Å². The number of aromatic hydroxyl groups is 1. The Morgan fingerprint density at radius 3 is 2.75 bits per heavy atom. The molecule has 0 saturated carbocycles. The second-order valence-electron chi connectivity index (χ2n) is 2.10. The van der Waals surface area contributed by atoms with Crippen LogP contribution in [0, 0.1) is 11.3 Å². The van der Waals surface area contributed by atoms with E-state index in [0.29, 0.717) is 0 Å². The number of hydrogen-bond donors (Lipinski definition) is 2. The molecule has 0 bridgehead atoms. The van der Waals surface area contributed by atoms with Gasteiger partial charge in [0.1, 0.15) is 6.07 Å². The zero-order chi connectivity index (χ0) is 9.30. The Hall–Kier alpha value is -0.920. The van der Waals surface area contributed by atoms with Crippen molar-refractivity contribution in [2.75, 3.05) is 5.73 Å². The number of nitriles is 1. The van der Waals surface area contributed by atoms with Gasteiger partial charge in [-0.05, 0) is 22.0 Å². The molecule has 1 rings (SSSR count). The van der Waals surface area contributed by atoms with E-state index in [0.717, 1.165) is 0 Å². The van der Waals surface area contributed by atoms with Gasteiger partial charge < -0.3 is 10.8 Å². The van der Waals surface area contributed by atoms with Crippen LogP contribution >= 0.6 is 27.5 Å². The number of rotatable bonds is 0. The molecule has 0 aliphatic heterocycles. The Balaban J connectivity index is 3.54. The summed E-state index contributed by atoms with van der Waals surface area (Å²) in [5, 5.41) is 18.1. The Morgan fingerprint density at radius 2 is 2.25 bits per heavy atom. The van der Waals surface area contributed by atoms with Crippen LogP contribution in [-0.2, 0) is 0 Å². The highest BCUT2D eigenvalue weighted by Crippen LogP contribution is 2.37. The van der Waals surface area contributed by atoms with Gasteiger partial charge in [-0.3, -0.25) is 0 Å². The Kier molecular flexibility index (Phi) is 2.46. The molecule has 0 unspecified atom stereocenters. The molecule has 3 nitrogen and oxygen atoms in total. The van der Waals surface area contributed by atoms with Gasteiger partial charge in [0.2, 0.25) is 0 Å². The van der Waals surface area contributed by atoms with Crippen LogP contribution in [0.3, 0.4) is 0 Å². The van der Waals surface area contributed by atoms with Crippen molar-refractivity contribution in [3.63, 3.8) is 0 Å². The summed E-state index contributed by atoms with van der Waals surface area (Å²) in [6, 6.07) is 3.17. The molecule has 62 valence electrons. The van der Waals surface area contributed by atoms with Crippen LogP contribution in [-0.4, -0.2) is 5.11 Å². The molecule has 0 amide bonds. The smallest absolute Gasteiger partial charge is 0.154 e. The monoisotopic (exact) mass is 246 g/mol. The highest BCUT2D eigenvalue weighted by molar-refractivity contribution is 9.10. The summed E-state index contributed by atoms with van der Waals surface area (Å²) in [6.45, 7) is 0. The molecular weight excluding hydrogens is 243 g/mol. The van der Waals surface area contributed by atoms with Crippen LogP contribution in [0.2, 0.25) is 5.02 Å². The highest BCUT2D eigenvalue weighted by atomic mass is 79.9. The quantitative estimate of drug-likeness (QED) is 0.546. The summed E-state index contributed by atoms with van der Waals surface area (Å²) in [5.41, 5.74) is 5.70. The maximum Gasteiger partial charge on any atom is 0.154 e. The van der Waals surface area contributed by atoms with Crippen molar-refractivity contribution in [3.8, 4) is 11.8 Å². The summed E-state index contributed by atoms with van der Waals surface area (Å²) >= 11 is 8.67. The van der Waals surface area contributed by atoms with E-state index in [1.807, 2.05) is 6.07 Å². The van der Waals surface area contributed by atoms with Gasteiger partial charge in [0.15, 0.2) is 5.75 Å². The predicted octanol–water partition coefficient (Wildman–Crippen LogP) is 2.26. The lowest BCUT2D eigenvalue weighted by Gasteiger charge is -2.04. The molecule has 0 atom stereocenters. The second kappa shape index (κ2) is 3.21. The number of anilines is 1. The minimum atomic E-state index is -0.157. The van der Waals surface area contributed by atoms with Gasteiger partial charge in [0, 0.05) is 0 Å². The van der Waals surface area contributed by atoms with Gasteiger partial charge >= 0.3 is 0 Å². The molecule has 0 heterocycles. The molecule has 3 N–H and O–H groups in total. The van der Waals surface area contributed by atoms with E-state index in [1.165, 1.54) is 6.07 Å². The lowest BCUT2D eigenvalue weighted by molar-refractivity contribution is 0.474. The molecule has 0 saturated heterocycles. The Morgan fingerprint density at radius 1 is 1.67 bits per heavy atom. The minimum absolute atomic E-state index is 0.144. The summed E-state index contributed by atoms with van der Waals surface area (Å²) in [5.74, 6) is -0.157. The molecule has 0 aliphatic carbocycles. The zero-order valence-electron chi connectivity index (χ0n) is 5.81. The van der Waals surface area contributed by atoms with Crippen LogP contribution in [0.15, 0.2) is 10.5 Å². The van der Waals surface area contributed by atoms with E-state index in [-0.39, 0.29) is 26.5 Å². The van der Waals surface area contributed by atoms with Gasteiger partial charge in [-0.25, -0.2) is 0 Å². The Labute approximate surface area is 82.5 Å². The first-order valence-corrected chi connectivity index (χ1v) is 4.11. The van der Waals surface area contributed by atoms with Crippen molar-refractivity contribution in [1.29, 1.82) is 5.26 Å². The number of nitrogens with two attached hydrogens (primary N) is 1. The largest absolute Gasteiger partial charge is 0.505 e. The van der Waals surface area contributed by atoms with Crippen molar-refractivity contribution in [2.45, 2.75) is 0 Å². The third kappa shape index (κ3) is 1.33. The molecular formula is C7H4BrClN2O. The molecule has 0 aliphatic rings. The fourth-order valence-electron chi connectivity index (χ4n) is 0.730. The van der Waals surface area contributed by atoms with Gasteiger partial charge in [-0.2, -0.15) is 5.26 Å². The van der Waals surface area contributed by atoms with Crippen molar-refractivity contribution >= 4 is 33.2 Å². The normalized spacial score (nSPS) is 9.42. The molecule has 5 heteroatoms. The zero-order valence-corrected chi connectivity index (χ0v) is 8.15. The maximum absolute atomic E-state index is 9.26. The minimum Gasteiger partial charge on any atom is -0.505 e. The number of phenols is 1. The van der Waals surface area contributed by atoms with Crippen LogP contribution in [0.25, 0.3) is 0 Å². The van der Waals surface area contributed by atoms with Crippen LogP contribution in [0.1, 0.15) is 5.56 Å². The summed E-state index contributed by atoms with van der Waals surface area (Å²) in [7, 11) is 0. The number of benzene rings is 1. The average molecular weight is 247 g/mol. The molecule has 0 fully saturated rings. The van der Waals surface area contributed by atoms with E-state index in [9.17, 15) is 5.11 Å². The number of hydrogen-bond acceptors (Lipinski definition) is 3. The average Bonchev–Trinajstić information content (AvgIpc) is 2.01. The number of halogens is 2. The lowest BCUT2D eigenvalue weighted by atomic mass is 10.2. The first-order valence-electron chi connectivity index (χ1n) is 2.94. The first kappa shape index (κ1) is 9.17. The maximum atomic E-state index is 9.26. The van der Waals surface area contributed by atoms with Gasteiger partial charge in [-0.15, -0.1) is 0 Å². The van der Waals surface area contributed by atoms with E-state index in [1.54, 1.807) is 0 Å². The van der Waals surface area contributed by atoms with Crippen molar-refractivity contribution < 1.29 is 5.11 Å². The molecule has 12 heavy (non-hydrogen) atoms. The standard InChI is InChI=1S/C7H4BrClN2O/c8-6-3(2-10)4(9)1-5(11)7(6)12/h1,12H,11H2. The molecule has 0 aromatic heterocycles. The number of nitrogens with zero attached hydrogens (tertiary/aromatic N) is 1. The molecule has 0 radical (unpaired) electrons. The number of nitrogen functional groups attached to an aromatic ring is 1. The highest BCUT2D eigenvalue weighted by Gasteiger charge is 2.12. The fraction of sp³-hybridized carbons (Fsp3) is 0. The third-order valence-electron chi connectivity index (χ3n) is 1.33. The topological polar surface area (TPSA) is 70.0 Å². The Bertz CT molecular complexity index is 373. The van der Waals surface area contributed by atoms with Crippen molar-refractivity contribution in [2.24, 2.45) is 0 Å². The number of phenolic OH excluding ortho intramolecular Hbond substituents is 1. The molecule has 1 aromatic carbocycles. The van der Waals surface area contributed by atoms with Gasteiger partial charge in [0.25, 0.3) is 0 Å². The SMILES string of the molecule is N#Cc1c(Cl)cc(N)c(O)c1Br. The molecule has 0 spiro atoms. The van der Waals surface area contributed by atoms with E-state index >= 15 is 0 Å².